The lowest BCUT2D eigenvalue weighted by atomic mass is 9.80. The van der Waals surface area contributed by atoms with Gasteiger partial charge in [0.2, 0.25) is 0 Å². The summed E-state index contributed by atoms with van der Waals surface area (Å²) >= 11 is 0. The molecule has 1 aromatic rings. The third-order valence-corrected chi connectivity index (χ3v) is 2.69. The van der Waals surface area contributed by atoms with Crippen LogP contribution in [0.15, 0.2) is 30.3 Å². The second-order valence-electron chi connectivity index (χ2n) is 5.26. The van der Waals surface area contributed by atoms with Gasteiger partial charge in [0.1, 0.15) is 5.78 Å². The van der Waals surface area contributed by atoms with Crippen molar-refractivity contribution in [3.8, 4) is 0 Å². The lowest BCUT2D eigenvalue weighted by Crippen LogP contribution is -2.31. The molecule has 1 unspecified atom stereocenters. The summed E-state index contributed by atoms with van der Waals surface area (Å²) in [7, 11) is 0. The highest BCUT2D eigenvalue weighted by Crippen LogP contribution is 2.26. The molecule has 0 fully saturated rings. The van der Waals surface area contributed by atoms with Gasteiger partial charge < -0.3 is 5.73 Å². The van der Waals surface area contributed by atoms with Gasteiger partial charge in [-0.25, -0.2) is 0 Å². The number of ketones is 1. The summed E-state index contributed by atoms with van der Waals surface area (Å²) < 4.78 is 0. The molecule has 1 atom stereocenters. The lowest BCUT2D eigenvalue weighted by molar-refractivity contribution is -0.121. The molecule has 0 radical (unpaired) electrons. The normalized spacial score (nSPS) is 13.5. The molecule has 0 amide bonds. The summed E-state index contributed by atoms with van der Waals surface area (Å²) in [4.78, 5) is 11.6. The summed E-state index contributed by atoms with van der Waals surface area (Å²) in [5.41, 5.74) is 6.83. The van der Waals surface area contributed by atoms with Gasteiger partial charge in [-0.3, -0.25) is 4.79 Å². The number of Topliss-reactive ketones (excluding diaryl/α,β-unsaturated/α-hetero) is 1. The first-order valence-corrected chi connectivity index (χ1v) is 5.73. The van der Waals surface area contributed by atoms with Gasteiger partial charge in [0.15, 0.2) is 0 Å². The number of hydrogen-bond donors (Lipinski definition) is 1. The van der Waals surface area contributed by atoms with Crippen LogP contribution in [0.3, 0.4) is 0 Å². The zero-order valence-electron chi connectivity index (χ0n) is 10.4. The minimum Gasteiger partial charge on any atom is -0.322 e. The van der Waals surface area contributed by atoms with Crippen LogP contribution in [0.2, 0.25) is 0 Å². The summed E-state index contributed by atoms with van der Waals surface area (Å²) in [6.45, 7) is 5.97. The predicted octanol–water partition coefficient (Wildman–Crippen LogP) is 2.56. The van der Waals surface area contributed by atoms with Crippen LogP contribution in [-0.2, 0) is 11.2 Å². The highest BCUT2D eigenvalue weighted by Gasteiger charge is 2.23. The number of benzene rings is 1. The van der Waals surface area contributed by atoms with Crippen molar-refractivity contribution in [1.29, 1.82) is 0 Å². The van der Waals surface area contributed by atoms with E-state index in [0.717, 1.165) is 6.42 Å². The molecule has 0 saturated heterocycles. The van der Waals surface area contributed by atoms with Crippen molar-refractivity contribution in [2.45, 2.75) is 39.7 Å². The predicted molar refractivity (Wildman–Crippen MR) is 67.2 cm³/mol. The highest BCUT2D eigenvalue weighted by atomic mass is 16.1. The van der Waals surface area contributed by atoms with Gasteiger partial charge in [-0.15, -0.1) is 0 Å². The van der Waals surface area contributed by atoms with Crippen molar-refractivity contribution in [2.24, 2.45) is 11.1 Å². The molecule has 0 heterocycles. The molecule has 0 aliphatic heterocycles. The van der Waals surface area contributed by atoms with Crippen LogP contribution in [0.5, 0.6) is 0 Å². The van der Waals surface area contributed by atoms with Gasteiger partial charge in [0.25, 0.3) is 0 Å². The molecule has 1 aromatic carbocycles. The Kier molecular flexibility index (Phi) is 4.25. The number of hydrogen-bond acceptors (Lipinski definition) is 2. The Morgan fingerprint density at radius 2 is 1.88 bits per heavy atom. The van der Waals surface area contributed by atoms with E-state index in [0.29, 0.717) is 6.42 Å². The first-order valence-electron chi connectivity index (χ1n) is 5.73. The molecule has 0 bridgehead atoms. The van der Waals surface area contributed by atoms with Crippen molar-refractivity contribution in [1.82, 2.24) is 0 Å². The van der Waals surface area contributed by atoms with E-state index in [-0.39, 0.29) is 17.2 Å². The molecule has 0 aromatic heterocycles. The van der Waals surface area contributed by atoms with Crippen molar-refractivity contribution >= 4 is 5.78 Å². The van der Waals surface area contributed by atoms with Crippen molar-refractivity contribution in [3.05, 3.63) is 35.9 Å². The Hall–Kier alpha value is -1.15. The van der Waals surface area contributed by atoms with Crippen LogP contribution < -0.4 is 5.73 Å². The topological polar surface area (TPSA) is 43.1 Å². The minimum atomic E-state index is -0.352. The van der Waals surface area contributed by atoms with E-state index in [9.17, 15) is 4.79 Å². The smallest absolute Gasteiger partial charge is 0.149 e. The monoisotopic (exact) mass is 219 g/mol. The van der Waals surface area contributed by atoms with Gasteiger partial charge >= 0.3 is 0 Å². The molecule has 0 spiro atoms. The Labute approximate surface area is 97.9 Å². The SMILES string of the molecule is CC(N)C(=O)CC(C)(C)Cc1ccccc1. The minimum absolute atomic E-state index is 0.0218. The van der Waals surface area contributed by atoms with E-state index in [1.807, 2.05) is 18.2 Å². The average Bonchev–Trinajstić information content (AvgIpc) is 2.17. The van der Waals surface area contributed by atoms with Crippen molar-refractivity contribution in [2.75, 3.05) is 0 Å². The van der Waals surface area contributed by atoms with E-state index >= 15 is 0 Å². The first kappa shape index (κ1) is 12.9. The summed E-state index contributed by atoms with van der Waals surface area (Å²) in [6, 6.07) is 9.90. The summed E-state index contributed by atoms with van der Waals surface area (Å²) in [6.07, 6.45) is 1.45. The fourth-order valence-corrected chi connectivity index (χ4v) is 1.84. The second kappa shape index (κ2) is 5.26. The van der Waals surface area contributed by atoms with Gasteiger partial charge in [-0.05, 0) is 24.3 Å². The quantitative estimate of drug-likeness (QED) is 0.827. The highest BCUT2D eigenvalue weighted by molar-refractivity contribution is 5.83. The largest absolute Gasteiger partial charge is 0.322 e. The van der Waals surface area contributed by atoms with E-state index in [4.69, 9.17) is 5.73 Å². The lowest BCUT2D eigenvalue weighted by Gasteiger charge is -2.24. The average molecular weight is 219 g/mol. The fourth-order valence-electron chi connectivity index (χ4n) is 1.84. The maximum Gasteiger partial charge on any atom is 0.149 e. The number of nitrogens with two attached hydrogens (primary N) is 1. The Morgan fingerprint density at radius 1 is 1.31 bits per heavy atom. The second-order valence-corrected chi connectivity index (χ2v) is 5.26. The van der Waals surface area contributed by atoms with Crippen LogP contribution in [0.25, 0.3) is 0 Å². The van der Waals surface area contributed by atoms with Crippen LogP contribution in [0.1, 0.15) is 32.8 Å². The van der Waals surface area contributed by atoms with Crippen LogP contribution in [-0.4, -0.2) is 11.8 Å². The Balaban J connectivity index is 2.62. The first-order chi connectivity index (χ1) is 7.41. The third kappa shape index (κ3) is 4.15. The summed E-state index contributed by atoms with van der Waals surface area (Å²) in [5.74, 6) is 0.140. The third-order valence-electron chi connectivity index (χ3n) is 2.69. The Morgan fingerprint density at radius 3 is 2.38 bits per heavy atom. The van der Waals surface area contributed by atoms with Crippen LogP contribution >= 0.6 is 0 Å². The van der Waals surface area contributed by atoms with Crippen LogP contribution in [0.4, 0.5) is 0 Å². The molecule has 16 heavy (non-hydrogen) atoms. The maximum absolute atomic E-state index is 11.6. The Bertz CT molecular complexity index is 341. The molecule has 1 rings (SSSR count). The maximum atomic E-state index is 11.6. The molecule has 0 aliphatic carbocycles. The zero-order valence-corrected chi connectivity index (χ0v) is 10.4. The molecular weight excluding hydrogens is 198 g/mol. The molecule has 88 valence electrons. The molecular formula is C14H21NO. The van der Waals surface area contributed by atoms with Crippen LogP contribution in [0, 0.1) is 5.41 Å². The number of carbonyl (C=O) groups is 1. The van der Waals surface area contributed by atoms with Gasteiger partial charge in [0, 0.05) is 6.42 Å². The van der Waals surface area contributed by atoms with E-state index in [1.54, 1.807) is 6.92 Å². The van der Waals surface area contributed by atoms with E-state index < -0.39 is 0 Å². The molecule has 0 aliphatic rings. The van der Waals surface area contributed by atoms with Gasteiger partial charge in [-0.2, -0.15) is 0 Å². The fraction of sp³-hybridized carbons (Fsp3) is 0.500. The van der Waals surface area contributed by atoms with Crippen molar-refractivity contribution < 1.29 is 4.79 Å². The van der Waals surface area contributed by atoms with Gasteiger partial charge in [0.05, 0.1) is 6.04 Å². The number of carbonyl (C=O) groups excluding carboxylic acids is 1. The standard InChI is InChI=1S/C14H21NO/c1-11(15)13(16)10-14(2,3)9-12-7-5-4-6-8-12/h4-8,11H,9-10,15H2,1-3H3. The molecule has 2 N–H and O–H groups in total. The van der Waals surface area contributed by atoms with Gasteiger partial charge in [-0.1, -0.05) is 44.2 Å². The summed E-state index contributed by atoms with van der Waals surface area (Å²) in [5, 5.41) is 0. The molecule has 0 saturated carbocycles. The van der Waals surface area contributed by atoms with E-state index in [1.165, 1.54) is 5.56 Å². The van der Waals surface area contributed by atoms with E-state index in [2.05, 4.69) is 26.0 Å². The van der Waals surface area contributed by atoms with Crippen molar-refractivity contribution in [3.63, 3.8) is 0 Å². The molecule has 2 heteroatoms. The zero-order chi connectivity index (χ0) is 12.2. The number of rotatable bonds is 5. The molecule has 2 nitrogen and oxygen atoms in total.